The molecule has 2 aromatic rings. The Hall–Kier alpha value is -2.37. The molecule has 2 aliphatic rings. The van der Waals surface area contributed by atoms with Gasteiger partial charge in [0.15, 0.2) is 0 Å². The van der Waals surface area contributed by atoms with Crippen molar-refractivity contribution in [2.45, 2.75) is 38.2 Å². The zero-order valence-electron chi connectivity index (χ0n) is 12.9. The zero-order chi connectivity index (χ0) is 15.6. The summed E-state index contributed by atoms with van der Waals surface area (Å²) in [6.45, 7) is 0.701. The molecule has 2 saturated carbocycles. The van der Waals surface area contributed by atoms with Gasteiger partial charge in [0.2, 0.25) is 0 Å². The number of carbonyl (C=O) groups is 1. The van der Waals surface area contributed by atoms with Gasteiger partial charge in [-0.15, -0.1) is 0 Å². The highest BCUT2D eigenvalue weighted by Gasteiger charge is 2.28. The normalized spacial score (nSPS) is 17.0. The van der Waals surface area contributed by atoms with Gasteiger partial charge in [-0.3, -0.25) is 4.98 Å². The van der Waals surface area contributed by atoms with Crippen LogP contribution < -0.4 is 10.1 Å². The van der Waals surface area contributed by atoms with E-state index < -0.39 is 0 Å². The summed E-state index contributed by atoms with van der Waals surface area (Å²) in [6.07, 6.45) is 11.1. The molecule has 0 spiro atoms. The van der Waals surface area contributed by atoms with Crippen LogP contribution in [0.4, 0.5) is 4.79 Å². The second-order valence-corrected chi connectivity index (χ2v) is 6.30. The number of aromatic nitrogens is 3. The summed E-state index contributed by atoms with van der Waals surface area (Å²) < 4.78 is 7.27. The number of carbonyl (C=O) groups excluding carboxylic acids is 1. The molecule has 1 amide bonds. The van der Waals surface area contributed by atoms with Crippen LogP contribution in [0.2, 0.25) is 0 Å². The van der Waals surface area contributed by atoms with Crippen molar-refractivity contribution in [1.29, 1.82) is 0 Å². The number of rotatable bonds is 6. The predicted molar refractivity (Wildman–Crippen MR) is 85.2 cm³/mol. The smallest absolute Gasteiger partial charge is 0.329 e. The number of hydrogen-bond acceptors (Lipinski definition) is 4. The molecule has 6 heteroatoms. The third-order valence-electron chi connectivity index (χ3n) is 4.17. The molecule has 0 unspecified atom stereocenters. The summed E-state index contributed by atoms with van der Waals surface area (Å²) in [5.41, 5.74) is 1.57. The molecular weight excluding hydrogens is 292 g/mol. The van der Waals surface area contributed by atoms with Crippen molar-refractivity contribution >= 4 is 6.03 Å². The van der Waals surface area contributed by atoms with E-state index in [1.165, 1.54) is 17.4 Å². The third-order valence-corrected chi connectivity index (χ3v) is 4.17. The van der Waals surface area contributed by atoms with Gasteiger partial charge in [-0.25, -0.2) is 9.36 Å². The van der Waals surface area contributed by atoms with Crippen LogP contribution in [0.25, 0.3) is 11.3 Å². The van der Waals surface area contributed by atoms with E-state index in [1.807, 2.05) is 12.1 Å². The standard InChI is InChI=1S/C17H20N4O2/c22-16(19-9-7-12-3-4-12)21-11-15(13-2-1-8-18-10-13)20-17(21)23-14-5-6-14/h1-2,8,10-12,14H,3-7,9H2,(H,19,22). The van der Waals surface area contributed by atoms with E-state index in [9.17, 15) is 4.79 Å². The fraction of sp³-hybridized carbons (Fsp3) is 0.471. The molecule has 6 nitrogen and oxygen atoms in total. The van der Waals surface area contributed by atoms with Gasteiger partial charge in [-0.1, -0.05) is 12.8 Å². The fourth-order valence-electron chi connectivity index (χ4n) is 2.46. The first-order chi connectivity index (χ1) is 11.3. The first-order valence-corrected chi connectivity index (χ1v) is 8.24. The highest BCUT2D eigenvalue weighted by atomic mass is 16.5. The average Bonchev–Trinajstić information content (AvgIpc) is 3.48. The molecule has 0 atom stereocenters. The van der Waals surface area contributed by atoms with Crippen LogP contribution in [-0.2, 0) is 0 Å². The predicted octanol–water partition coefficient (Wildman–Crippen LogP) is 2.84. The summed E-state index contributed by atoms with van der Waals surface area (Å²) >= 11 is 0. The maximum Gasteiger partial charge on any atom is 0.329 e. The van der Waals surface area contributed by atoms with Crippen LogP contribution in [0.1, 0.15) is 32.1 Å². The second kappa shape index (κ2) is 6.02. The minimum Gasteiger partial charge on any atom is -0.461 e. The number of hydrogen-bond donors (Lipinski definition) is 1. The lowest BCUT2D eigenvalue weighted by atomic mass is 10.2. The van der Waals surface area contributed by atoms with Crippen LogP contribution in [0.3, 0.4) is 0 Å². The van der Waals surface area contributed by atoms with Gasteiger partial charge in [0.05, 0.1) is 5.69 Å². The molecule has 23 heavy (non-hydrogen) atoms. The monoisotopic (exact) mass is 312 g/mol. The largest absolute Gasteiger partial charge is 0.461 e. The van der Waals surface area contributed by atoms with E-state index in [0.29, 0.717) is 18.2 Å². The van der Waals surface area contributed by atoms with Crippen molar-refractivity contribution in [3.8, 4) is 17.3 Å². The maximum absolute atomic E-state index is 12.4. The first kappa shape index (κ1) is 14.2. The molecule has 0 aromatic carbocycles. The molecule has 0 bridgehead atoms. The first-order valence-electron chi connectivity index (χ1n) is 8.24. The zero-order valence-corrected chi connectivity index (χ0v) is 12.9. The lowest BCUT2D eigenvalue weighted by Crippen LogP contribution is -2.29. The molecule has 2 fully saturated rings. The Kier molecular flexibility index (Phi) is 3.73. The van der Waals surface area contributed by atoms with Crippen molar-refractivity contribution < 1.29 is 9.53 Å². The molecule has 1 N–H and O–H groups in total. The second-order valence-electron chi connectivity index (χ2n) is 6.30. The number of nitrogens with one attached hydrogen (secondary N) is 1. The highest BCUT2D eigenvalue weighted by molar-refractivity contribution is 5.79. The van der Waals surface area contributed by atoms with E-state index in [1.54, 1.807) is 18.6 Å². The van der Waals surface area contributed by atoms with Gasteiger partial charge in [-0.05, 0) is 37.3 Å². The molecule has 0 saturated heterocycles. The Labute approximate surface area is 134 Å². The van der Waals surface area contributed by atoms with Crippen molar-refractivity contribution in [3.63, 3.8) is 0 Å². The van der Waals surface area contributed by atoms with E-state index >= 15 is 0 Å². The minimum absolute atomic E-state index is 0.177. The van der Waals surface area contributed by atoms with Gasteiger partial charge in [0, 0.05) is 30.7 Å². The third kappa shape index (κ3) is 3.52. The molecular formula is C17H20N4O2. The van der Waals surface area contributed by atoms with Gasteiger partial charge >= 0.3 is 12.0 Å². The van der Waals surface area contributed by atoms with Crippen LogP contribution in [0, 0.1) is 5.92 Å². The number of ether oxygens (including phenoxy) is 1. The van der Waals surface area contributed by atoms with E-state index in [4.69, 9.17) is 4.74 Å². The van der Waals surface area contributed by atoms with Gasteiger partial charge in [-0.2, -0.15) is 4.98 Å². The summed E-state index contributed by atoms with van der Waals surface area (Å²) in [6, 6.07) is 3.97. The number of amides is 1. The SMILES string of the molecule is O=C(NCCC1CC1)n1cc(-c2cccnc2)nc1OC1CC1. The van der Waals surface area contributed by atoms with E-state index in [0.717, 1.165) is 30.7 Å². The summed E-state index contributed by atoms with van der Waals surface area (Å²) in [7, 11) is 0. The van der Waals surface area contributed by atoms with Crippen molar-refractivity contribution in [1.82, 2.24) is 19.9 Å². The molecule has 120 valence electrons. The van der Waals surface area contributed by atoms with E-state index in [-0.39, 0.29) is 12.1 Å². The van der Waals surface area contributed by atoms with Crippen molar-refractivity contribution in [3.05, 3.63) is 30.7 Å². The molecule has 4 rings (SSSR count). The van der Waals surface area contributed by atoms with Crippen LogP contribution in [-0.4, -0.2) is 33.2 Å². The Morgan fingerprint density at radius 1 is 1.35 bits per heavy atom. The Balaban J connectivity index is 1.52. The molecule has 0 aliphatic heterocycles. The topological polar surface area (TPSA) is 69.0 Å². The van der Waals surface area contributed by atoms with Crippen LogP contribution >= 0.6 is 0 Å². The Bertz CT molecular complexity index is 690. The van der Waals surface area contributed by atoms with Gasteiger partial charge < -0.3 is 10.1 Å². The minimum atomic E-state index is -0.177. The lowest BCUT2D eigenvalue weighted by molar-refractivity contribution is 0.230. The Morgan fingerprint density at radius 3 is 2.91 bits per heavy atom. The molecule has 0 radical (unpaired) electrons. The molecule has 2 aromatic heterocycles. The Morgan fingerprint density at radius 2 is 2.22 bits per heavy atom. The molecule has 2 heterocycles. The van der Waals surface area contributed by atoms with Gasteiger partial charge in [0.1, 0.15) is 6.10 Å². The molecule has 2 aliphatic carbocycles. The number of imidazole rings is 1. The summed E-state index contributed by atoms with van der Waals surface area (Å²) in [5, 5.41) is 2.96. The van der Waals surface area contributed by atoms with Crippen LogP contribution in [0.15, 0.2) is 30.7 Å². The number of nitrogens with zero attached hydrogens (tertiary/aromatic N) is 3. The van der Waals surface area contributed by atoms with Crippen molar-refractivity contribution in [2.75, 3.05) is 6.54 Å². The van der Waals surface area contributed by atoms with Crippen LogP contribution in [0.5, 0.6) is 6.01 Å². The average molecular weight is 312 g/mol. The quantitative estimate of drug-likeness (QED) is 0.890. The van der Waals surface area contributed by atoms with Gasteiger partial charge in [0.25, 0.3) is 0 Å². The van der Waals surface area contributed by atoms with Crippen molar-refractivity contribution in [2.24, 2.45) is 5.92 Å². The maximum atomic E-state index is 12.4. The highest BCUT2D eigenvalue weighted by Crippen LogP contribution is 2.32. The van der Waals surface area contributed by atoms with E-state index in [2.05, 4.69) is 15.3 Å². The number of pyridine rings is 1. The summed E-state index contributed by atoms with van der Waals surface area (Å²) in [4.78, 5) is 21.0. The summed E-state index contributed by atoms with van der Waals surface area (Å²) in [5.74, 6) is 0.797. The fourth-order valence-corrected chi connectivity index (χ4v) is 2.46. The lowest BCUT2D eigenvalue weighted by Gasteiger charge is -2.08.